The van der Waals surface area contributed by atoms with E-state index in [0.717, 1.165) is 31.5 Å². The molecule has 1 aromatic carbocycles. The van der Waals surface area contributed by atoms with Crippen LogP contribution in [0.5, 0.6) is 0 Å². The van der Waals surface area contributed by atoms with E-state index in [-0.39, 0.29) is 47.8 Å². The summed E-state index contributed by atoms with van der Waals surface area (Å²) in [4.78, 5) is 44.2. The van der Waals surface area contributed by atoms with Crippen LogP contribution >= 0.6 is 11.3 Å². The van der Waals surface area contributed by atoms with Crippen molar-refractivity contribution >= 4 is 28.9 Å². The van der Waals surface area contributed by atoms with Gasteiger partial charge in [0.1, 0.15) is 22.3 Å². The van der Waals surface area contributed by atoms with Gasteiger partial charge in [-0.2, -0.15) is 13.2 Å². The molecule has 0 unspecified atom stereocenters. The van der Waals surface area contributed by atoms with Crippen LogP contribution in [0.2, 0.25) is 0 Å². The number of hydrogen-bond donors (Lipinski definition) is 1. The van der Waals surface area contributed by atoms with Crippen LogP contribution in [0, 0.1) is 5.82 Å². The van der Waals surface area contributed by atoms with E-state index in [9.17, 15) is 27.2 Å². The molecule has 0 aliphatic carbocycles. The standard InChI is InChI=1S/C29H32F4N6O3S/c1-17-4-3-5-38(17)15-24-28(19-8-20(29(31,32)33)10-21(30)9-19)36-26(43-24)11-23(40)22-12-35-25(13-34-22)39-7-6-37(14-18(39)2)16-27(41)42/h8-10,12-13,17-18H,3-7,11,14-16H2,1-2H3,(H,41,42)/t17-,18-/m1/s1. The summed E-state index contributed by atoms with van der Waals surface area (Å²) in [6, 6.07) is 2.68. The largest absolute Gasteiger partial charge is 0.480 e. The number of carboxylic acids is 1. The Morgan fingerprint density at radius 1 is 1.07 bits per heavy atom. The molecule has 230 valence electrons. The van der Waals surface area contributed by atoms with Crippen LogP contribution in [0.3, 0.4) is 0 Å². The molecule has 2 atom stereocenters. The highest BCUT2D eigenvalue weighted by Gasteiger charge is 2.33. The summed E-state index contributed by atoms with van der Waals surface area (Å²) in [6.07, 6.45) is 0.0529. The van der Waals surface area contributed by atoms with Crippen molar-refractivity contribution in [2.24, 2.45) is 0 Å². The van der Waals surface area contributed by atoms with Crippen LogP contribution in [0.1, 0.15) is 52.6 Å². The molecular formula is C29H32F4N6O3S. The predicted molar refractivity (Wildman–Crippen MR) is 153 cm³/mol. The Hall–Kier alpha value is -3.49. The summed E-state index contributed by atoms with van der Waals surface area (Å²) in [7, 11) is 0. The number of ketones is 1. The minimum Gasteiger partial charge on any atom is -0.480 e. The van der Waals surface area contributed by atoms with E-state index in [2.05, 4.69) is 26.8 Å². The number of Topliss-reactive ketones (excluding diaryl/α,β-unsaturated/α-hetero) is 1. The number of benzene rings is 1. The maximum absolute atomic E-state index is 14.3. The molecule has 0 bridgehead atoms. The molecule has 1 N–H and O–H groups in total. The molecule has 2 fully saturated rings. The maximum atomic E-state index is 14.3. The lowest BCUT2D eigenvalue weighted by Gasteiger charge is -2.39. The first-order valence-electron chi connectivity index (χ1n) is 14.0. The number of nitrogens with zero attached hydrogens (tertiary/aromatic N) is 6. The van der Waals surface area contributed by atoms with Crippen LogP contribution in [-0.4, -0.2) is 86.4 Å². The molecule has 2 aliphatic rings. The topological polar surface area (TPSA) is 103 Å². The van der Waals surface area contributed by atoms with Crippen molar-refractivity contribution in [3.8, 4) is 11.3 Å². The number of aromatic nitrogens is 3. The Kier molecular flexibility index (Phi) is 9.09. The van der Waals surface area contributed by atoms with Crippen LogP contribution < -0.4 is 4.90 Å². The Bertz CT molecular complexity index is 1480. The van der Waals surface area contributed by atoms with Gasteiger partial charge in [0.2, 0.25) is 0 Å². The van der Waals surface area contributed by atoms with Gasteiger partial charge in [-0.1, -0.05) is 0 Å². The highest BCUT2D eigenvalue weighted by atomic mass is 32.1. The van der Waals surface area contributed by atoms with E-state index in [1.54, 1.807) is 0 Å². The van der Waals surface area contributed by atoms with Crippen molar-refractivity contribution in [3.05, 3.63) is 57.6 Å². The van der Waals surface area contributed by atoms with Crippen LogP contribution in [0.15, 0.2) is 30.6 Å². The molecule has 2 aromatic heterocycles. The van der Waals surface area contributed by atoms with Crippen molar-refractivity contribution in [1.29, 1.82) is 0 Å². The molecule has 0 saturated carbocycles. The lowest BCUT2D eigenvalue weighted by molar-refractivity contribution is -0.139. The van der Waals surface area contributed by atoms with Gasteiger partial charge in [-0.05, 0) is 51.4 Å². The van der Waals surface area contributed by atoms with Crippen molar-refractivity contribution in [2.45, 2.75) is 57.9 Å². The summed E-state index contributed by atoms with van der Waals surface area (Å²) in [5.74, 6) is -1.67. The Balaban J connectivity index is 1.35. The first-order valence-corrected chi connectivity index (χ1v) is 14.9. The van der Waals surface area contributed by atoms with Gasteiger partial charge in [0, 0.05) is 48.7 Å². The number of carboxylic acid groups (broad SMARTS) is 1. The molecular weight excluding hydrogens is 588 g/mol. The molecule has 0 spiro atoms. The lowest BCUT2D eigenvalue weighted by atomic mass is 10.1. The van der Waals surface area contributed by atoms with Gasteiger partial charge in [0.05, 0.1) is 36.6 Å². The molecule has 43 heavy (non-hydrogen) atoms. The summed E-state index contributed by atoms with van der Waals surface area (Å²) in [5.41, 5.74) is -0.709. The number of likely N-dealkylation sites (tertiary alicyclic amines) is 1. The molecule has 0 radical (unpaired) electrons. The van der Waals surface area contributed by atoms with Crippen molar-refractivity contribution in [2.75, 3.05) is 37.6 Å². The van der Waals surface area contributed by atoms with Crippen molar-refractivity contribution in [3.63, 3.8) is 0 Å². The van der Waals surface area contributed by atoms with Gasteiger partial charge >= 0.3 is 12.1 Å². The summed E-state index contributed by atoms with van der Waals surface area (Å²) in [5, 5.41) is 9.45. The second kappa shape index (κ2) is 12.6. The maximum Gasteiger partial charge on any atom is 0.416 e. The highest BCUT2D eigenvalue weighted by Crippen LogP contribution is 2.37. The zero-order valence-corrected chi connectivity index (χ0v) is 24.6. The fraction of sp³-hybridized carbons (Fsp3) is 0.483. The molecule has 3 aromatic rings. The second-order valence-electron chi connectivity index (χ2n) is 11.1. The number of thiazole rings is 1. The Morgan fingerprint density at radius 2 is 1.86 bits per heavy atom. The number of piperazine rings is 1. The summed E-state index contributed by atoms with van der Waals surface area (Å²) < 4.78 is 54.7. The van der Waals surface area contributed by atoms with Gasteiger partial charge in [-0.15, -0.1) is 11.3 Å². The summed E-state index contributed by atoms with van der Waals surface area (Å²) >= 11 is 1.24. The third-order valence-electron chi connectivity index (χ3n) is 7.88. The van der Waals surface area contributed by atoms with E-state index >= 15 is 0 Å². The fourth-order valence-corrected chi connectivity index (χ4v) is 6.78. The molecule has 2 aliphatic heterocycles. The third kappa shape index (κ3) is 7.36. The molecule has 14 heteroatoms. The van der Waals surface area contributed by atoms with Gasteiger partial charge in [0.15, 0.2) is 5.78 Å². The number of carbonyl (C=O) groups is 2. The average molecular weight is 621 g/mol. The van der Waals surface area contributed by atoms with E-state index < -0.39 is 23.5 Å². The van der Waals surface area contributed by atoms with Gasteiger partial charge in [-0.3, -0.25) is 19.4 Å². The monoisotopic (exact) mass is 620 g/mol. The smallest absolute Gasteiger partial charge is 0.416 e. The normalized spacial score (nSPS) is 20.1. The van der Waals surface area contributed by atoms with Crippen LogP contribution in [0.25, 0.3) is 11.3 Å². The first-order chi connectivity index (χ1) is 20.4. The van der Waals surface area contributed by atoms with Crippen molar-refractivity contribution in [1.82, 2.24) is 24.8 Å². The van der Waals surface area contributed by atoms with Crippen LogP contribution in [-0.2, 0) is 23.9 Å². The molecule has 5 rings (SSSR count). The highest BCUT2D eigenvalue weighted by molar-refractivity contribution is 7.12. The van der Waals surface area contributed by atoms with Gasteiger partial charge in [0.25, 0.3) is 0 Å². The van der Waals surface area contributed by atoms with E-state index in [1.807, 2.05) is 16.7 Å². The number of hydrogen-bond acceptors (Lipinski definition) is 9. The fourth-order valence-electron chi connectivity index (χ4n) is 5.66. The Morgan fingerprint density at radius 3 is 2.49 bits per heavy atom. The van der Waals surface area contributed by atoms with Gasteiger partial charge < -0.3 is 10.0 Å². The van der Waals surface area contributed by atoms with E-state index in [4.69, 9.17) is 5.11 Å². The van der Waals surface area contributed by atoms with E-state index in [1.165, 1.54) is 23.7 Å². The minimum absolute atomic E-state index is 0.00452. The second-order valence-corrected chi connectivity index (χ2v) is 12.3. The van der Waals surface area contributed by atoms with Gasteiger partial charge in [-0.25, -0.2) is 19.3 Å². The Labute approximate surface area is 250 Å². The quantitative estimate of drug-likeness (QED) is 0.268. The molecule has 9 nitrogen and oxygen atoms in total. The third-order valence-corrected chi connectivity index (χ3v) is 8.92. The number of halogens is 4. The lowest BCUT2D eigenvalue weighted by Crippen LogP contribution is -2.53. The molecule has 0 amide bonds. The number of anilines is 1. The zero-order valence-electron chi connectivity index (χ0n) is 23.8. The minimum atomic E-state index is -4.72. The van der Waals surface area contributed by atoms with E-state index in [0.29, 0.717) is 47.9 Å². The first kappa shape index (κ1) is 31.0. The van der Waals surface area contributed by atoms with Crippen LogP contribution in [0.4, 0.5) is 23.4 Å². The number of carbonyl (C=O) groups excluding carboxylic acids is 1. The SMILES string of the molecule is C[C@@H]1CCCN1Cc1sc(CC(=O)c2cnc(N3CCN(CC(=O)O)C[C@H]3C)cn2)nc1-c1cc(F)cc(C(F)(F)F)c1. The number of aliphatic carboxylic acids is 1. The number of alkyl halides is 3. The molecule has 4 heterocycles. The van der Waals surface area contributed by atoms with Crippen molar-refractivity contribution < 1.29 is 32.3 Å². The molecule has 2 saturated heterocycles. The zero-order chi connectivity index (χ0) is 30.9. The summed E-state index contributed by atoms with van der Waals surface area (Å²) in [6.45, 7) is 6.96. The number of rotatable bonds is 9. The predicted octanol–water partition coefficient (Wildman–Crippen LogP) is 4.76. The average Bonchev–Trinajstić information content (AvgIpc) is 3.53.